The molecule has 0 saturated heterocycles. The van der Waals surface area contributed by atoms with Crippen molar-refractivity contribution in [3.63, 3.8) is 0 Å². The predicted molar refractivity (Wildman–Crippen MR) is 155 cm³/mol. The lowest BCUT2D eigenvalue weighted by Gasteiger charge is -2.20. The summed E-state index contributed by atoms with van der Waals surface area (Å²) in [5.41, 5.74) is 5.28. The maximum absolute atomic E-state index is 6.70. The Morgan fingerprint density at radius 3 is 2.38 bits per heavy atom. The van der Waals surface area contributed by atoms with Gasteiger partial charge in [0.2, 0.25) is 0 Å². The largest absolute Gasteiger partial charge is 0.488 e. The van der Waals surface area contributed by atoms with Crippen molar-refractivity contribution in [3.8, 4) is 22.6 Å². The first-order valence-electron chi connectivity index (χ1n) is 12.5. The van der Waals surface area contributed by atoms with E-state index in [9.17, 15) is 0 Å². The van der Waals surface area contributed by atoms with Gasteiger partial charge in [-0.15, -0.1) is 0 Å². The van der Waals surface area contributed by atoms with E-state index in [1.807, 2.05) is 54.7 Å². The smallest absolute Gasteiger partial charge is 0.142 e. The Balaban J connectivity index is 1.55. The Morgan fingerprint density at radius 1 is 0.865 bits per heavy atom. The summed E-state index contributed by atoms with van der Waals surface area (Å²) in [7, 11) is 0. The Labute approximate surface area is 233 Å². The third-order valence-corrected chi connectivity index (χ3v) is 7.63. The first-order chi connectivity index (χ1) is 17.9. The molecule has 1 unspecified atom stereocenters. The Hall–Kier alpha value is -2.86. The molecule has 1 N–H and O–H groups in total. The van der Waals surface area contributed by atoms with Gasteiger partial charge in [0.25, 0.3) is 0 Å². The van der Waals surface area contributed by atoms with Crippen molar-refractivity contribution in [2.75, 3.05) is 0 Å². The normalized spacial score (nSPS) is 11.9. The highest BCUT2D eigenvalue weighted by Gasteiger charge is 2.15. The zero-order valence-electron chi connectivity index (χ0n) is 21.4. The summed E-state index contributed by atoms with van der Waals surface area (Å²) in [5, 5.41) is 4.13. The second-order valence-electron chi connectivity index (χ2n) is 9.39. The van der Waals surface area contributed by atoms with Gasteiger partial charge in [0.05, 0.1) is 5.02 Å². The summed E-state index contributed by atoms with van der Waals surface area (Å²) in [5.74, 6) is 1.84. The SMILES string of the molecule is CC(C)C(C)NCc1cc(Cl)c(OCc2cccc(-c3ccccc3)c2Br)cc1OCc1cccnc1. The van der Waals surface area contributed by atoms with Crippen LogP contribution in [0.1, 0.15) is 37.5 Å². The van der Waals surface area contributed by atoms with Crippen LogP contribution >= 0.6 is 27.5 Å². The van der Waals surface area contributed by atoms with E-state index < -0.39 is 0 Å². The molecule has 4 rings (SSSR count). The van der Waals surface area contributed by atoms with Crippen LogP contribution in [0.3, 0.4) is 0 Å². The van der Waals surface area contributed by atoms with Crippen LogP contribution in [0.2, 0.25) is 5.02 Å². The third-order valence-electron chi connectivity index (χ3n) is 6.39. The molecular weight excluding hydrogens is 548 g/mol. The van der Waals surface area contributed by atoms with Crippen LogP contribution in [-0.2, 0) is 19.8 Å². The molecule has 0 aliphatic rings. The summed E-state index contributed by atoms with van der Waals surface area (Å²) in [4.78, 5) is 4.19. The highest BCUT2D eigenvalue weighted by molar-refractivity contribution is 9.10. The van der Waals surface area contributed by atoms with Gasteiger partial charge in [-0.05, 0) is 52.0 Å². The molecule has 0 aliphatic carbocycles. The number of ether oxygens (including phenoxy) is 2. The summed E-state index contributed by atoms with van der Waals surface area (Å²) >= 11 is 10.5. The lowest BCUT2D eigenvalue weighted by atomic mass is 10.0. The highest BCUT2D eigenvalue weighted by Crippen LogP contribution is 2.36. The molecular formula is C31H32BrClN2O2. The minimum atomic E-state index is 0.357. The maximum Gasteiger partial charge on any atom is 0.142 e. The average Bonchev–Trinajstić information content (AvgIpc) is 2.92. The molecule has 0 fully saturated rings. The van der Waals surface area contributed by atoms with E-state index >= 15 is 0 Å². The van der Waals surface area contributed by atoms with Crippen molar-refractivity contribution in [1.29, 1.82) is 0 Å². The number of pyridine rings is 1. The van der Waals surface area contributed by atoms with Gasteiger partial charge in [0.1, 0.15) is 24.7 Å². The van der Waals surface area contributed by atoms with Gasteiger partial charge in [0.15, 0.2) is 0 Å². The fourth-order valence-corrected chi connectivity index (χ4v) is 4.65. The Kier molecular flexibility index (Phi) is 9.62. The molecule has 37 heavy (non-hydrogen) atoms. The molecule has 1 heterocycles. The number of halogens is 2. The van der Waals surface area contributed by atoms with Crippen molar-refractivity contribution >= 4 is 27.5 Å². The molecule has 1 atom stereocenters. The van der Waals surface area contributed by atoms with Crippen molar-refractivity contribution < 1.29 is 9.47 Å². The Bertz CT molecular complexity index is 1300. The first-order valence-corrected chi connectivity index (χ1v) is 13.6. The number of nitrogens with zero attached hydrogens (tertiary/aromatic N) is 1. The van der Waals surface area contributed by atoms with E-state index in [2.05, 4.69) is 71.3 Å². The minimum absolute atomic E-state index is 0.357. The molecule has 3 aromatic carbocycles. The summed E-state index contributed by atoms with van der Waals surface area (Å²) in [6, 6.07) is 24.6. The molecule has 6 heteroatoms. The molecule has 0 bridgehead atoms. The minimum Gasteiger partial charge on any atom is -0.488 e. The van der Waals surface area contributed by atoms with Gasteiger partial charge in [-0.2, -0.15) is 0 Å². The van der Waals surface area contributed by atoms with E-state index in [-0.39, 0.29) is 0 Å². The van der Waals surface area contributed by atoms with Crippen molar-refractivity contribution in [3.05, 3.63) is 111 Å². The number of hydrogen-bond acceptors (Lipinski definition) is 4. The second-order valence-corrected chi connectivity index (χ2v) is 10.6. The number of rotatable bonds is 11. The lowest BCUT2D eigenvalue weighted by Crippen LogP contribution is -2.30. The number of aromatic nitrogens is 1. The van der Waals surface area contributed by atoms with E-state index in [4.69, 9.17) is 21.1 Å². The predicted octanol–water partition coefficient (Wildman–Crippen LogP) is 8.46. The second kappa shape index (κ2) is 13.1. The number of hydrogen-bond donors (Lipinski definition) is 1. The third kappa shape index (κ3) is 7.35. The number of benzene rings is 3. The topological polar surface area (TPSA) is 43.4 Å². The van der Waals surface area contributed by atoms with Crippen molar-refractivity contribution in [1.82, 2.24) is 10.3 Å². The zero-order chi connectivity index (χ0) is 26.2. The highest BCUT2D eigenvalue weighted by atomic mass is 79.9. The van der Waals surface area contributed by atoms with E-state index in [0.717, 1.165) is 38.0 Å². The zero-order valence-corrected chi connectivity index (χ0v) is 23.7. The molecule has 1 aromatic heterocycles. The van der Waals surface area contributed by atoms with Crippen LogP contribution in [0, 0.1) is 5.92 Å². The Morgan fingerprint density at radius 2 is 1.65 bits per heavy atom. The molecule has 0 aliphatic heterocycles. The van der Waals surface area contributed by atoms with E-state index in [1.165, 1.54) is 0 Å². The van der Waals surface area contributed by atoms with Gasteiger partial charge in [-0.3, -0.25) is 4.98 Å². The van der Waals surface area contributed by atoms with E-state index in [0.29, 0.717) is 42.5 Å². The molecule has 0 amide bonds. The van der Waals surface area contributed by atoms with Gasteiger partial charge in [0, 0.05) is 52.2 Å². The standard InChI is InChI=1S/C31H32BrClN2O2/c1-21(2)22(3)35-18-26-15-28(33)30(16-29(26)36-19-23-9-8-14-34-17-23)37-20-25-12-7-13-27(31(25)32)24-10-5-4-6-11-24/h4-17,21-22,35H,18-20H2,1-3H3. The quantitative estimate of drug-likeness (QED) is 0.194. The van der Waals surface area contributed by atoms with Crippen LogP contribution in [0.25, 0.3) is 11.1 Å². The van der Waals surface area contributed by atoms with Gasteiger partial charge < -0.3 is 14.8 Å². The average molecular weight is 580 g/mol. The first kappa shape index (κ1) is 27.2. The fraction of sp³-hybridized carbons (Fsp3) is 0.258. The van der Waals surface area contributed by atoms with Crippen LogP contribution < -0.4 is 14.8 Å². The summed E-state index contributed by atoms with van der Waals surface area (Å²) in [6.45, 7) is 8.00. The maximum atomic E-state index is 6.70. The van der Waals surface area contributed by atoms with Crippen LogP contribution in [0.15, 0.2) is 89.7 Å². The monoisotopic (exact) mass is 578 g/mol. The fourth-order valence-electron chi connectivity index (χ4n) is 3.80. The van der Waals surface area contributed by atoms with Crippen LogP contribution in [-0.4, -0.2) is 11.0 Å². The molecule has 4 aromatic rings. The van der Waals surface area contributed by atoms with Crippen LogP contribution in [0.5, 0.6) is 11.5 Å². The van der Waals surface area contributed by atoms with E-state index in [1.54, 1.807) is 6.20 Å². The molecule has 0 saturated carbocycles. The number of nitrogens with one attached hydrogen (secondary N) is 1. The van der Waals surface area contributed by atoms with Gasteiger partial charge in [-0.25, -0.2) is 0 Å². The van der Waals surface area contributed by atoms with Crippen molar-refractivity contribution in [2.24, 2.45) is 5.92 Å². The van der Waals surface area contributed by atoms with Crippen LogP contribution in [0.4, 0.5) is 0 Å². The molecule has 4 nitrogen and oxygen atoms in total. The molecule has 192 valence electrons. The summed E-state index contributed by atoms with van der Waals surface area (Å²) in [6.07, 6.45) is 3.56. The molecule has 0 spiro atoms. The van der Waals surface area contributed by atoms with Crippen molar-refractivity contribution in [2.45, 2.75) is 46.6 Å². The lowest BCUT2D eigenvalue weighted by molar-refractivity contribution is 0.286. The molecule has 0 radical (unpaired) electrons. The van der Waals surface area contributed by atoms with Gasteiger partial charge in [-0.1, -0.05) is 80.0 Å². The summed E-state index contributed by atoms with van der Waals surface area (Å²) < 4.78 is 13.5. The van der Waals surface area contributed by atoms with Gasteiger partial charge >= 0.3 is 0 Å².